The van der Waals surface area contributed by atoms with Crippen LogP contribution in [0.15, 0.2) is 30.3 Å². The van der Waals surface area contributed by atoms with Gasteiger partial charge in [0.1, 0.15) is 0 Å². The molecule has 0 aromatic heterocycles. The van der Waals surface area contributed by atoms with Crippen molar-refractivity contribution in [1.29, 1.82) is 0 Å². The van der Waals surface area contributed by atoms with E-state index in [2.05, 4.69) is 35.6 Å². The van der Waals surface area contributed by atoms with E-state index in [1.165, 1.54) is 25.9 Å². The number of hydrogen-bond donors (Lipinski definition) is 1. The quantitative estimate of drug-likeness (QED) is 0.712. The van der Waals surface area contributed by atoms with Crippen molar-refractivity contribution in [3.05, 3.63) is 35.9 Å². The van der Waals surface area contributed by atoms with Crippen LogP contribution in [-0.4, -0.2) is 13.1 Å². The summed E-state index contributed by atoms with van der Waals surface area (Å²) in [5, 5.41) is 3.52. The first kappa shape index (κ1) is 8.49. The van der Waals surface area contributed by atoms with Gasteiger partial charge in [-0.25, -0.2) is 0 Å². The Labute approximate surface area is 85.5 Å². The van der Waals surface area contributed by atoms with E-state index in [1.807, 2.05) is 0 Å². The van der Waals surface area contributed by atoms with Gasteiger partial charge >= 0.3 is 0 Å². The van der Waals surface area contributed by atoms with Crippen LogP contribution < -0.4 is 5.32 Å². The molecule has 3 atom stereocenters. The summed E-state index contributed by atoms with van der Waals surface area (Å²) in [5.41, 5.74) is 1.55. The molecular weight excluding hydrogens is 170 g/mol. The summed E-state index contributed by atoms with van der Waals surface area (Å²) in [5.74, 6) is 2.78. The van der Waals surface area contributed by atoms with Crippen LogP contribution in [0.2, 0.25) is 0 Å². The van der Waals surface area contributed by atoms with Gasteiger partial charge in [-0.15, -0.1) is 0 Å². The lowest BCUT2D eigenvalue weighted by molar-refractivity contribution is 0.0934. The topological polar surface area (TPSA) is 12.0 Å². The summed E-state index contributed by atoms with van der Waals surface area (Å²) in [6, 6.07) is 11.0. The lowest BCUT2D eigenvalue weighted by Gasteiger charge is -2.48. The Morgan fingerprint density at radius 1 is 1.14 bits per heavy atom. The van der Waals surface area contributed by atoms with Crippen LogP contribution in [0.5, 0.6) is 0 Å². The van der Waals surface area contributed by atoms with Gasteiger partial charge in [0, 0.05) is 0 Å². The molecule has 1 nitrogen and oxygen atoms in total. The molecular formula is C13H17N. The van der Waals surface area contributed by atoms with E-state index in [9.17, 15) is 0 Å². The first-order valence-electron chi connectivity index (χ1n) is 5.71. The monoisotopic (exact) mass is 187 g/mol. The number of fused-ring (bicyclic) bond motifs is 1. The van der Waals surface area contributed by atoms with Gasteiger partial charge in [0.25, 0.3) is 0 Å². The zero-order valence-corrected chi connectivity index (χ0v) is 8.45. The number of piperidine rings is 1. The highest BCUT2D eigenvalue weighted by molar-refractivity contribution is 5.24. The van der Waals surface area contributed by atoms with Crippen molar-refractivity contribution < 1.29 is 0 Å². The molecule has 1 heterocycles. The summed E-state index contributed by atoms with van der Waals surface area (Å²) < 4.78 is 0. The molecule has 1 aromatic rings. The molecule has 2 aliphatic rings. The highest BCUT2D eigenvalue weighted by Gasteiger charge is 2.42. The first-order valence-corrected chi connectivity index (χ1v) is 5.71. The van der Waals surface area contributed by atoms with Crippen molar-refractivity contribution in [2.24, 2.45) is 11.8 Å². The minimum Gasteiger partial charge on any atom is -0.316 e. The predicted molar refractivity (Wildman–Crippen MR) is 58.3 cm³/mol. The molecule has 0 spiro atoms. The van der Waals surface area contributed by atoms with Gasteiger partial charge in [0.15, 0.2) is 0 Å². The molecule has 1 saturated carbocycles. The van der Waals surface area contributed by atoms with Crippen molar-refractivity contribution in [1.82, 2.24) is 5.32 Å². The highest BCUT2D eigenvalue weighted by atomic mass is 14.9. The van der Waals surface area contributed by atoms with Crippen LogP contribution in [0, 0.1) is 11.8 Å². The standard InChI is InChI=1S/C13H17N/c1-2-4-10(5-3-1)12-8-11-6-7-14-9-13(11)12/h1-5,11-14H,6-9H2/t11-,12-,13-/m1/s1. The molecule has 0 unspecified atom stereocenters. The maximum absolute atomic E-state index is 3.52. The molecule has 14 heavy (non-hydrogen) atoms. The van der Waals surface area contributed by atoms with Crippen molar-refractivity contribution >= 4 is 0 Å². The third-order valence-electron chi connectivity index (χ3n) is 3.98. The molecule has 0 amide bonds. The average Bonchev–Trinajstić information content (AvgIpc) is 2.22. The zero-order valence-electron chi connectivity index (χ0n) is 8.45. The Balaban J connectivity index is 1.76. The molecule has 3 rings (SSSR count). The van der Waals surface area contributed by atoms with Gasteiger partial charge in [-0.3, -0.25) is 0 Å². The summed E-state index contributed by atoms with van der Waals surface area (Å²) >= 11 is 0. The average molecular weight is 187 g/mol. The van der Waals surface area contributed by atoms with E-state index >= 15 is 0 Å². The van der Waals surface area contributed by atoms with Crippen LogP contribution in [0.1, 0.15) is 24.3 Å². The van der Waals surface area contributed by atoms with Crippen LogP contribution >= 0.6 is 0 Å². The van der Waals surface area contributed by atoms with Gasteiger partial charge in [-0.05, 0) is 49.2 Å². The SMILES string of the molecule is c1ccc([C@H]2C[C@H]3CCNC[C@H]32)cc1. The van der Waals surface area contributed by atoms with Gasteiger partial charge in [-0.2, -0.15) is 0 Å². The predicted octanol–water partition coefficient (Wildman–Crippen LogP) is 2.40. The Kier molecular flexibility index (Phi) is 2.06. The lowest BCUT2D eigenvalue weighted by Crippen LogP contribution is -2.47. The van der Waals surface area contributed by atoms with Gasteiger partial charge in [-0.1, -0.05) is 30.3 Å². The maximum Gasteiger partial charge on any atom is -0.00120 e. The third-order valence-corrected chi connectivity index (χ3v) is 3.98. The summed E-state index contributed by atoms with van der Waals surface area (Å²) in [6.07, 6.45) is 2.82. The second-order valence-corrected chi connectivity index (χ2v) is 4.67. The Hall–Kier alpha value is -0.820. The normalized spacial score (nSPS) is 35.9. The number of benzene rings is 1. The summed E-state index contributed by atoms with van der Waals surface area (Å²) in [7, 11) is 0. The van der Waals surface area contributed by atoms with Crippen molar-refractivity contribution in [2.45, 2.75) is 18.8 Å². The van der Waals surface area contributed by atoms with Crippen molar-refractivity contribution in [3.8, 4) is 0 Å². The second kappa shape index (κ2) is 3.39. The van der Waals surface area contributed by atoms with Gasteiger partial charge in [0.05, 0.1) is 0 Å². The molecule has 2 fully saturated rings. The molecule has 0 bridgehead atoms. The minimum atomic E-state index is 0.842. The first-order chi connectivity index (χ1) is 6.95. The lowest BCUT2D eigenvalue weighted by atomic mass is 9.60. The van der Waals surface area contributed by atoms with Crippen molar-refractivity contribution in [3.63, 3.8) is 0 Å². The van der Waals surface area contributed by atoms with E-state index in [4.69, 9.17) is 0 Å². The van der Waals surface area contributed by atoms with Crippen molar-refractivity contribution in [2.75, 3.05) is 13.1 Å². The zero-order chi connectivity index (χ0) is 9.38. The fourth-order valence-electron chi connectivity index (χ4n) is 3.09. The molecule has 1 heteroatoms. The number of nitrogens with one attached hydrogen (secondary N) is 1. The molecule has 1 aromatic carbocycles. The van der Waals surface area contributed by atoms with E-state index in [0.717, 1.165) is 17.8 Å². The van der Waals surface area contributed by atoms with E-state index < -0.39 is 0 Å². The molecule has 1 N–H and O–H groups in total. The molecule has 0 radical (unpaired) electrons. The molecule has 1 saturated heterocycles. The van der Waals surface area contributed by atoms with Crippen LogP contribution in [-0.2, 0) is 0 Å². The van der Waals surface area contributed by atoms with Crippen LogP contribution in [0.25, 0.3) is 0 Å². The molecule has 74 valence electrons. The Morgan fingerprint density at radius 3 is 2.79 bits per heavy atom. The van der Waals surface area contributed by atoms with E-state index in [1.54, 1.807) is 5.56 Å². The third kappa shape index (κ3) is 1.27. The maximum atomic E-state index is 3.52. The van der Waals surface area contributed by atoms with Gasteiger partial charge in [0.2, 0.25) is 0 Å². The van der Waals surface area contributed by atoms with Gasteiger partial charge < -0.3 is 5.32 Å². The summed E-state index contributed by atoms with van der Waals surface area (Å²) in [4.78, 5) is 0. The van der Waals surface area contributed by atoms with E-state index in [0.29, 0.717) is 0 Å². The number of hydrogen-bond acceptors (Lipinski definition) is 1. The Bertz CT molecular complexity index is 306. The smallest absolute Gasteiger partial charge is 0.00120 e. The number of rotatable bonds is 1. The van der Waals surface area contributed by atoms with Crippen LogP contribution in [0.3, 0.4) is 0 Å². The molecule has 1 aliphatic carbocycles. The Morgan fingerprint density at radius 2 is 2.00 bits per heavy atom. The highest BCUT2D eigenvalue weighted by Crippen LogP contribution is 2.49. The fraction of sp³-hybridized carbons (Fsp3) is 0.538. The summed E-state index contributed by atoms with van der Waals surface area (Å²) in [6.45, 7) is 2.48. The van der Waals surface area contributed by atoms with Crippen LogP contribution in [0.4, 0.5) is 0 Å². The second-order valence-electron chi connectivity index (χ2n) is 4.67. The fourth-order valence-corrected chi connectivity index (χ4v) is 3.09. The van der Waals surface area contributed by atoms with E-state index in [-0.39, 0.29) is 0 Å². The largest absolute Gasteiger partial charge is 0.316 e. The molecule has 1 aliphatic heterocycles. The minimum absolute atomic E-state index is 0.842.